The van der Waals surface area contributed by atoms with Crippen molar-refractivity contribution in [2.45, 2.75) is 31.6 Å². The standard InChI is InChI=1S/C23H25N3O3/c27-23(26-12-8-17-4-2-1-3-5-17)29-22-15-21(10-13-25-22)28-20-7-6-19-16-24-11-9-18(19)14-20/h1-7,9,11,14,16,21-22,25H,8,10,12-13,15H2,(H,26,27)/t21-,22-/m1/s1. The summed E-state index contributed by atoms with van der Waals surface area (Å²) in [7, 11) is 0. The SMILES string of the molecule is O=C(NCCc1ccccc1)O[C@@H]1C[C@H](Oc2ccc3cnccc3c2)CCN1. The molecule has 0 bridgehead atoms. The number of hydrogen-bond donors (Lipinski definition) is 2. The summed E-state index contributed by atoms with van der Waals surface area (Å²) < 4.78 is 11.7. The molecule has 6 nitrogen and oxygen atoms in total. The number of piperidine rings is 1. The second-order valence-electron chi connectivity index (χ2n) is 7.16. The van der Waals surface area contributed by atoms with Crippen molar-refractivity contribution in [2.75, 3.05) is 13.1 Å². The van der Waals surface area contributed by atoms with E-state index in [1.807, 2.05) is 60.8 Å². The van der Waals surface area contributed by atoms with Crippen LogP contribution < -0.4 is 15.4 Å². The molecule has 1 aromatic heterocycles. The maximum Gasteiger partial charge on any atom is 0.408 e. The first-order valence-corrected chi connectivity index (χ1v) is 9.98. The van der Waals surface area contributed by atoms with E-state index in [0.29, 0.717) is 13.0 Å². The highest BCUT2D eigenvalue weighted by Crippen LogP contribution is 2.23. The number of fused-ring (bicyclic) bond motifs is 1. The third-order valence-electron chi connectivity index (χ3n) is 5.01. The molecule has 0 saturated carbocycles. The normalized spacial score (nSPS) is 18.9. The van der Waals surface area contributed by atoms with E-state index in [1.165, 1.54) is 5.56 Å². The molecule has 0 radical (unpaired) electrons. The molecular weight excluding hydrogens is 366 g/mol. The molecule has 1 saturated heterocycles. The number of carbonyl (C=O) groups is 1. The van der Waals surface area contributed by atoms with E-state index in [9.17, 15) is 4.79 Å². The zero-order valence-corrected chi connectivity index (χ0v) is 16.2. The van der Waals surface area contributed by atoms with Gasteiger partial charge in [-0.2, -0.15) is 0 Å². The van der Waals surface area contributed by atoms with Crippen LogP contribution in [0.3, 0.4) is 0 Å². The molecule has 2 N–H and O–H groups in total. The number of hydrogen-bond acceptors (Lipinski definition) is 5. The van der Waals surface area contributed by atoms with Crippen LogP contribution in [-0.2, 0) is 11.2 Å². The largest absolute Gasteiger partial charge is 0.490 e. The Balaban J connectivity index is 1.24. The van der Waals surface area contributed by atoms with Crippen LogP contribution in [0, 0.1) is 0 Å². The van der Waals surface area contributed by atoms with Crippen molar-refractivity contribution in [3.8, 4) is 5.75 Å². The van der Waals surface area contributed by atoms with Crippen molar-refractivity contribution in [1.82, 2.24) is 15.6 Å². The number of nitrogens with one attached hydrogen (secondary N) is 2. The predicted octanol–water partition coefficient (Wildman–Crippen LogP) is 3.66. The lowest BCUT2D eigenvalue weighted by Gasteiger charge is -2.30. The van der Waals surface area contributed by atoms with Crippen LogP contribution in [0.4, 0.5) is 4.79 Å². The molecule has 0 unspecified atom stereocenters. The van der Waals surface area contributed by atoms with Gasteiger partial charge in [-0.1, -0.05) is 30.3 Å². The van der Waals surface area contributed by atoms with Crippen LogP contribution >= 0.6 is 0 Å². The summed E-state index contributed by atoms with van der Waals surface area (Å²) >= 11 is 0. The smallest absolute Gasteiger partial charge is 0.408 e. The van der Waals surface area contributed by atoms with Gasteiger partial charge in [-0.3, -0.25) is 10.3 Å². The fourth-order valence-corrected chi connectivity index (χ4v) is 3.49. The lowest BCUT2D eigenvalue weighted by molar-refractivity contribution is 0.0205. The summed E-state index contributed by atoms with van der Waals surface area (Å²) in [6.45, 7) is 1.28. The third kappa shape index (κ3) is 5.45. The molecule has 2 aromatic carbocycles. The molecule has 1 aliphatic heterocycles. The molecule has 2 heterocycles. The molecule has 1 fully saturated rings. The lowest BCUT2D eigenvalue weighted by Crippen LogP contribution is -2.46. The van der Waals surface area contributed by atoms with Crippen LogP contribution in [0.5, 0.6) is 5.75 Å². The zero-order chi connectivity index (χ0) is 19.9. The third-order valence-corrected chi connectivity index (χ3v) is 5.01. The number of ether oxygens (including phenoxy) is 2. The minimum absolute atomic E-state index is 0.00217. The van der Waals surface area contributed by atoms with E-state index >= 15 is 0 Å². The number of pyridine rings is 1. The monoisotopic (exact) mass is 391 g/mol. The average Bonchev–Trinajstić information content (AvgIpc) is 2.75. The maximum atomic E-state index is 12.1. The topological polar surface area (TPSA) is 72.5 Å². The number of carbonyl (C=O) groups excluding carboxylic acids is 1. The van der Waals surface area contributed by atoms with E-state index in [2.05, 4.69) is 15.6 Å². The van der Waals surface area contributed by atoms with Crippen molar-refractivity contribution in [3.05, 3.63) is 72.6 Å². The number of rotatable bonds is 6. The Bertz CT molecular complexity index is 948. The lowest BCUT2D eigenvalue weighted by atomic mass is 10.1. The molecule has 0 aliphatic carbocycles. The Morgan fingerprint density at radius 3 is 2.93 bits per heavy atom. The van der Waals surface area contributed by atoms with E-state index in [4.69, 9.17) is 9.47 Å². The fraction of sp³-hybridized carbons (Fsp3) is 0.304. The van der Waals surface area contributed by atoms with Crippen molar-refractivity contribution < 1.29 is 14.3 Å². The maximum absolute atomic E-state index is 12.1. The van der Waals surface area contributed by atoms with Gasteiger partial charge in [-0.15, -0.1) is 0 Å². The minimum atomic E-state index is -0.405. The highest BCUT2D eigenvalue weighted by Gasteiger charge is 2.25. The highest BCUT2D eigenvalue weighted by molar-refractivity contribution is 5.82. The summed E-state index contributed by atoms with van der Waals surface area (Å²) in [6.07, 6.45) is 5.10. The summed E-state index contributed by atoms with van der Waals surface area (Å²) in [4.78, 5) is 16.2. The predicted molar refractivity (Wildman–Crippen MR) is 112 cm³/mol. The number of aromatic nitrogens is 1. The Morgan fingerprint density at radius 1 is 1.14 bits per heavy atom. The van der Waals surface area contributed by atoms with Gasteiger partial charge in [0, 0.05) is 37.3 Å². The van der Waals surface area contributed by atoms with Gasteiger partial charge >= 0.3 is 6.09 Å². The van der Waals surface area contributed by atoms with Gasteiger partial charge in [0.25, 0.3) is 0 Å². The van der Waals surface area contributed by atoms with Gasteiger partial charge in [0.1, 0.15) is 11.9 Å². The van der Waals surface area contributed by atoms with Crippen molar-refractivity contribution in [2.24, 2.45) is 0 Å². The van der Waals surface area contributed by atoms with Crippen LogP contribution in [0.15, 0.2) is 67.0 Å². The van der Waals surface area contributed by atoms with E-state index in [-0.39, 0.29) is 12.3 Å². The molecular formula is C23H25N3O3. The second kappa shape index (κ2) is 9.39. The molecule has 1 amide bonds. The van der Waals surface area contributed by atoms with Crippen LogP contribution in [0.25, 0.3) is 10.8 Å². The van der Waals surface area contributed by atoms with Crippen LogP contribution in [0.1, 0.15) is 18.4 Å². The quantitative estimate of drug-likeness (QED) is 0.671. The molecule has 1 aliphatic rings. The average molecular weight is 391 g/mol. The fourth-order valence-electron chi connectivity index (χ4n) is 3.49. The summed E-state index contributed by atoms with van der Waals surface area (Å²) in [5.41, 5.74) is 1.18. The van der Waals surface area contributed by atoms with Crippen molar-refractivity contribution in [1.29, 1.82) is 0 Å². The summed E-state index contributed by atoms with van der Waals surface area (Å²) in [5.74, 6) is 0.821. The van der Waals surface area contributed by atoms with Gasteiger partial charge in [0.15, 0.2) is 6.23 Å². The number of amides is 1. The highest BCUT2D eigenvalue weighted by atomic mass is 16.6. The van der Waals surface area contributed by atoms with E-state index in [1.54, 1.807) is 6.20 Å². The van der Waals surface area contributed by atoms with Crippen molar-refractivity contribution >= 4 is 16.9 Å². The van der Waals surface area contributed by atoms with Gasteiger partial charge in [0.2, 0.25) is 0 Å². The first-order valence-electron chi connectivity index (χ1n) is 9.98. The van der Waals surface area contributed by atoms with Crippen LogP contribution in [-0.4, -0.2) is 36.5 Å². The summed E-state index contributed by atoms with van der Waals surface area (Å²) in [6, 6.07) is 18.0. The second-order valence-corrected chi connectivity index (χ2v) is 7.16. The van der Waals surface area contributed by atoms with Gasteiger partial charge in [-0.05, 0) is 48.1 Å². The van der Waals surface area contributed by atoms with Gasteiger partial charge < -0.3 is 14.8 Å². The number of benzene rings is 2. The number of alkyl carbamates (subject to hydrolysis) is 1. The van der Waals surface area contributed by atoms with Gasteiger partial charge in [0.05, 0.1) is 0 Å². The first-order chi connectivity index (χ1) is 14.3. The Morgan fingerprint density at radius 2 is 2.03 bits per heavy atom. The Kier molecular flexibility index (Phi) is 6.22. The van der Waals surface area contributed by atoms with Crippen LogP contribution in [0.2, 0.25) is 0 Å². The molecule has 2 atom stereocenters. The molecule has 29 heavy (non-hydrogen) atoms. The molecule has 0 spiro atoms. The molecule has 4 rings (SSSR count). The molecule has 6 heteroatoms. The minimum Gasteiger partial charge on any atom is -0.490 e. The molecule has 150 valence electrons. The first kappa shape index (κ1) is 19.2. The summed E-state index contributed by atoms with van der Waals surface area (Å²) in [5, 5.41) is 8.22. The molecule has 3 aromatic rings. The zero-order valence-electron chi connectivity index (χ0n) is 16.2. The Labute approximate surface area is 170 Å². The van der Waals surface area contributed by atoms with E-state index < -0.39 is 6.09 Å². The van der Waals surface area contributed by atoms with Gasteiger partial charge in [-0.25, -0.2) is 4.79 Å². The number of nitrogens with zero attached hydrogens (tertiary/aromatic N) is 1. The van der Waals surface area contributed by atoms with E-state index in [0.717, 1.165) is 35.9 Å². The Hall–Kier alpha value is -3.12. The van der Waals surface area contributed by atoms with Crippen molar-refractivity contribution in [3.63, 3.8) is 0 Å².